The number of benzene rings is 1. The Kier molecular flexibility index (Phi) is 5.55. The highest BCUT2D eigenvalue weighted by Crippen LogP contribution is 2.21. The molecule has 3 N–H and O–H groups in total. The Labute approximate surface area is 116 Å². The van der Waals surface area contributed by atoms with Gasteiger partial charge in [0, 0.05) is 19.0 Å². The van der Waals surface area contributed by atoms with Crippen molar-refractivity contribution in [3.63, 3.8) is 0 Å². The molecular weight excluding hydrogens is 293 g/mol. The summed E-state index contributed by atoms with van der Waals surface area (Å²) in [5.74, 6) is 0. The van der Waals surface area contributed by atoms with Crippen LogP contribution in [0.3, 0.4) is 0 Å². The van der Waals surface area contributed by atoms with Gasteiger partial charge >= 0.3 is 6.18 Å². The van der Waals surface area contributed by atoms with Crippen LogP contribution in [0.15, 0.2) is 29.2 Å². The van der Waals surface area contributed by atoms with Crippen molar-refractivity contribution in [1.29, 1.82) is 0 Å². The quantitative estimate of drug-likeness (QED) is 0.792. The van der Waals surface area contributed by atoms with Gasteiger partial charge in [-0.1, -0.05) is 12.1 Å². The second-order valence-electron chi connectivity index (χ2n) is 4.47. The van der Waals surface area contributed by atoms with E-state index >= 15 is 0 Å². The van der Waals surface area contributed by atoms with Crippen molar-refractivity contribution in [3.8, 4) is 0 Å². The average molecular weight is 310 g/mol. The van der Waals surface area contributed by atoms with Crippen LogP contribution in [0.4, 0.5) is 13.2 Å². The van der Waals surface area contributed by atoms with Crippen molar-refractivity contribution in [2.75, 3.05) is 6.54 Å². The highest BCUT2D eigenvalue weighted by Gasteiger charge is 2.26. The van der Waals surface area contributed by atoms with E-state index in [-0.39, 0.29) is 23.9 Å². The first kappa shape index (κ1) is 16.9. The number of nitrogens with two attached hydrogens (primary N) is 1. The number of nitrogens with one attached hydrogen (secondary N) is 1. The lowest BCUT2D eigenvalue weighted by atomic mass is 10.1. The Morgan fingerprint density at radius 3 is 2.25 bits per heavy atom. The molecule has 1 unspecified atom stereocenters. The minimum atomic E-state index is -4.27. The molecule has 8 heteroatoms. The molecule has 1 aromatic carbocycles. The fraction of sp³-hybridized carbons (Fsp3) is 0.500. The monoisotopic (exact) mass is 310 g/mol. The van der Waals surface area contributed by atoms with Gasteiger partial charge < -0.3 is 5.73 Å². The van der Waals surface area contributed by atoms with Crippen LogP contribution in [-0.2, 0) is 10.0 Å². The van der Waals surface area contributed by atoms with Crippen LogP contribution in [0.25, 0.3) is 0 Å². The number of hydrogen-bond acceptors (Lipinski definition) is 3. The van der Waals surface area contributed by atoms with E-state index in [4.69, 9.17) is 5.73 Å². The van der Waals surface area contributed by atoms with Crippen LogP contribution in [0.2, 0.25) is 0 Å². The van der Waals surface area contributed by atoms with Crippen molar-refractivity contribution >= 4 is 10.0 Å². The van der Waals surface area contributed by atoms with Crippen molar-refractivity contribution < 1.29 is 21.6 Å². The fourth-order valence-electron chi connectivity index (χ4n) is 1.53. The van der Waals surface area contributed by atoms with Gasteiger partial charge in [0.1, 0.15) is 0 Å². The number of sulfonamides is 1. The minimum absolute atomic E-state index is 0.00825. The van der Waals surface area contributed by atoms with Gasteiger partial charge in [0.15, 0.2) is 0 Å². The summed E-state index contributed by atoms with van der Waals surface area (Å²) in [7, 11) is -3.78. The SMILES string of the molecule is CC(N)c1ccc(S(=O)(=O)NCCCC(F)(F)F)cc1. The first-order valence-electron chi connectivity index (χ1n) is 6.04. The summed E-state index contributed by atoms with van der Waals surface area (Å²) in [5, 5.41) is 0. The van der Waals surface area contributed by atoms with E-state index in [2.05, 4.69) is 4.72 Å². The van der Waals surface area contributed by atoms with Crippen molar-refractivity contribution in [2.45, 2.75) is 36.9 Å². The highest BCUT2D eigenvalue weighted by molar-refractivity contribution is 7.89. The summed E-state index contributed by atoms with van der Waals surface area (Å²) < 4.78 is 61.6. The standard InChI is InChI=1S/C12H17F3N2O2S/c1-9(16)10-3-5-11(6-4-10)20(18,19)17-8-2-7-12(13,14)15/h3-6,9,17H,2,7-8,16H2,1H3. The van der Waals surface area contributed by atoms with Crippen LogP contribution in [-0.4, -0.2) is 21.1 Å². The van der Waals surface area contributed by atoms with Crippen molar-refractivity contribution in [1.82, 2.24) is 4.72 Å². The molecule has 0 amide bonds. The van der Waals surface area contributed by atoms with E-state index in [0.717, 1.165) is 5.56 Å². The number of halogens is 3. The molecule has 4 nitrogen and oxygen atoms in total. The number of alkyl halides is 3. The molecule has 0 aliphatic carbocycles. The Balaban J connectivity index is 2.60. The van der Waals surface area contributed by atoms with Gasteiger partial charge in [-0.3, -0.25) is 0 Å². The number of hydrogen-bond donors (Lipinski definition) is 2. The first-order valence-corrected chi connectivity index (χ1v) is 7.52. The lowest BCUT2D eigenvalue weighted by Gasteiger charge is -2.10. The summed E-state index contributed by atoms with van der Waals surface area (Å²) in [6, 6.07) is 5.70. The van der Waals surface area contributed by atoms with E-state index in [0.29, 0.717) is 0 Å². The van der Waals surface area contributed by atoms with Crippen LogP contribution in [0, 0.1) is 0 Å². The van der Waals surface area contributed by atoms with Gasteiger partial charge in [-0.25, -0.2) is 13.1 Å². The topological polar surface area (TPSA) is 72.2 Å². The van der Waals surface area contributed by atoms with Crippen molar-refractivity contribution in [3.05, 3.63) is 29.8 Å². The molecule has 0 aliphatic rings. The molecule has 0 spiro atoms. The van der Waals surface area contributed by atoms with E-state index < -0.39 is 22.6 Å². The summed E-state index contributed by atoms with van der Waals surface area (Å²) in [6.45, 7) is 1.51. The van der Waals surface area contributed by atoms with E-state index in [1.807, 2.05) is 0 Å². The Morgan fingerprint density at radius 2 is 1.80 bits per heavy atom. The molecule has 0 heterocycles. The minimum Gasteiger partial charge on any atom is -0.324 e. The van der Waals surface area contributed by atoms with E-state index in [9.17, 15) is 21.6 Å². The lowest BCUT2D eigenvalue weighted by Crippen LogP contribution is -2.26. The maximum absolute atomic E-state index is 11.9. The van der Waals surface area contributed by atoms with Crippen LogP contribution in [0.1, 0.15) is 31.4 Å². The molecule has 1 aromatic rings. The van der Waals surface area contributed by atoms with Crippen LogP contribution in [0.5, 0.6) is 0 Å². The predicted molar refractivity (Wildman–Crippen MR) is 69.5 cm³/mol. The zero-order valence-electron chi connectivity index (χ0n) is 10.9. The zero-order chi connectivity index (χ0) is 15.4. The maximum Gasteiger partial charge on any atom is 0.389 e. The third-order valence-corrected chi connectivity index (χ3v) is 4.12. The van der Waals surface area contributed by atoms with Gasteiger partial charge in [-0.2, -0.15) is 13.2 Å². The van der Waals surface area contributed by atoms with Crippen LogP contribution < -0.4 is 10.5 Å². The van der Waals surface area contributed by atoms with Gasteiger partial charge in [-0.15, -0.1) is 0 Å². The Hall–Kier alpha value is -1.12. The predicted octanol–water partition coefficient (Wildman–Crippen LogP) is 2.33. The molecule has 0 aliphatic heterocycles. The molecule has 0 radical (unpaired) electrons. The molecule has 20 heavy (non-hydrogen) atoms. The molecule has 114 valence electrons. The Morgan fingerprint density at radius 1 is 1.25 bits per heavy atom. The lowest BCUT2D eigenvalue weighted by molar-refractivity contribution is -0.135. The largest absolute Gasteiger partial charge is 0.389 e. The third-order valence-electron chi connectivity index (χ3n) is 2.65. The number of rotatable bonds is 6. The summed E-state index contributed by atoms with van der Waals surface area (Å²) in [6.07, 6.45) is -5.58. The molecule has 0 bridgehead atoms. The zero-order valence-corrected chi connectivity index (χ0v) is 11.8. The maximum atomic E-state index is 11.9. The van der Waals surface area contributed by atoms with Gasteiger partial charge in [0.05, 0.1) is 4.90 Å². The molecule has 0 fully saturated rings. The summed E-state index contributed by atoms with van der Waals surface area (Å²) >= 11 is 0. The molecule has 0 aromatic heterocycles. The van der Waals surface area contributed by atoms with E-state index in [1.54, 1.807) is 19.1 Å². The first-order chi connectivity index (χ1) is 9.12. The van der Waals surface area contributed by atoms with Crippen LogP contribution >= 0.6 is 0 Å². The molecule has 1 rings (SSSR count). The molecular formula is C12H17F3N2O2S. The van der Waals surface area contributed by atoms with Gasteiger partial charge in [0.2, 0.25) is 10.0 Å². The highest BCUT2D eigenvalue weighted by atomic mass is 32.2. The molecule has 0 saturated carbocycles. The van der Waals surface area contributed by atoms with Crippen molar-refractivity contribution in [2.24, 2.45) is 5.73 Å². The summed E-state index contributed by atoms with van der Waals surface area (Å²) in [5.41, 5.74) is 6.42. The second kappa shape index (κ2) is 6.55. The van der Waals surface area contributed by atoms with E-state index in [1.165, 1.54) is 12.1 Å². The smallest absolute Gasteiger partial charge is 0.324 e. The van der Waals surface area contributed by atoms with Gasteiger partial charge in [0.25, 0.3) is 0 Å². The fourth-order valence-corrected chi connectivity index (χ4v) is 2.60. The molecule has 1 atom stereocenters. The average Bonchev–Trinajstić information content (AvgIpc) is 2.34. The summed E-state index contributed by atoms with van der Waals surface area (Å²) in [4.78, 5) is 0.00825. The normalized spacial score (nSPS) is 14.2. The Bertz CT molecular complexity index is 525. The molecule has 0 saturated heterocycles. The second-order valence-corrected chi connectivity index (χ2v) is 6.24. The van der Waals surface area contributed by atoms with Gasteiger partial charge in [-0.05, 0) is 31.0 Å². The third kappa shape index (κ3) is 5.48.